The second kappa shape index (κ2) is 1.37. The van der Waals surface area contributed by atoms with Crippen molar-refractivity contribution in [2.24, 2.45) is 0 Å². The Morgan fingerprint density at radius 3 is 3.29 bits per heavy atom. The van der Waals surface area contributed by atoms with Gasteiger partial charge in [-0.05, 0) is 0 Å². The maximum atomic E-state index is 5.13. The third kappa shape index (κ3) is 0.649. The van der Waals surface area contributed by atoms with Crippen molar-refractivity contribution in [2.75, 3.05) is 12.3 Å². The molecule has 2 nitrogen and oxygen atoms in total. The highest BCUT2D eigenvalue weighted by Gasteiger charge is 2.41. The Bertz CT molecular complexity index is 77.8. The Morgan fingerprint density at radius 1 is 1.71 bits per heavy atom. The molecule has 0 aromatic heterocycles. The van der Waals surface area contributed by atoms with Gasteiger partial charge in [-0.1, -0.05) is 0 Å². The largest absolute Gasteiger partial charge is 0.342 e. The number of rotatable bonds is 0. The summed E-state index contributed by atoms with van der Waals surface area (Å²) in [6.45, 7) is 1.12. The molecule has 0 aromatic carbocycles. The number of thioether (sulfide) groups is 1. The van der Waals surface area contributed by atoms with E-state index in [0.29, 0.717) is 11.7 Å². The smallest absolute Gasteiger partial charge is 0.145 e. The van der Waals surface area contributed by atoms with Crippen molar-refractivity contribution in [1.82, 2.24) is 5.32 Å². The Kier molecular flexibility index (Phi) is 0.818. The first-order valence-electron chi connectivity index (χ1n) is 2.47. The van der Waals surface area contributed by atoms with Crippen LogP contribution in [0.1, 0.15) is 0 Å². The van der Waals surface area contributed by atoms with Crippen LogP contribution < -0.4 is 5.32 Å². The SMILES string of the molecule is C1CSC2OC2N1. The summed E-state index contributed by atoms with van der Waals surface area (Å²) in [7, 11) is 0. The fourth-order valence-corrected chi connectivity index (χ4v) is 1.68. The first-order valence-corrected chi connectivity index (χ1v) is 3.52. The molecule has 1 N–H and O–H groups in total. The Morgan fingerprint density at radius 2 is 2.71 bits per heavy atom. The number of fused-ring (bicyclic) bond motifs is 1. The first kappa shape index (κ1) is 4.18. The van der Waals surface area contributed by atoms with E-state index < -0.39 is 0 Å². The Hall–Kier alpha value is 0.270. The lowest BCUT2D eigenvalue weighted by molar-refractivity contribution is 0.373. The van der Waals surface area contributed by atoms with Gasteiger partial charge in [0.15, 0.2) is 0 Å². The highest BCUT2D eigenvalue weighted by molar-refractivity contribution is 8.00. The van der Waals surface area contributed by atoms with E-state index in [2.05, 4.69) is 5.32 Å². The van der Waals surface area contributed by atoms with Gasteiger partial charge in [0.25, 0.3) is 0 Å². The number of epoxide rings is 1. The molecule has 0 radical (unpaired) electrons. The average molecular weight is 117 g/mol. The zero-order valence-electron chi connectivity index (χ0n) is 3.89. The molecule has 3 heteroatoms. The standard InChI is InChI=1S/C4H7NOS/c1-2-7-4-3(5-1)6-4/h3-5H,1-2H2. The minimum absolute atomic E-state index is 0.416. The van der Waals surface area contributed by atoms with Crippen LogP contribution in [0, 0.1) is 0 Å². The zero-order chi connectivity index (χ0) is 4.69. The third-order valence-electron chi connectivity index (χ3n) is 1.18. The van der Waals surface area contributed by atoms with Gasteiger partial charge >= 0.3 is 0 Å². The van der Waals surface area contributed by atoms with Crippen molar-refractivity contribution < 1.29 is 4.74 Å². The maximum Gasteiger partial charge on any atom is 0.145 e. The van der Waals surface area contributed by atoms with Gasteiger partial charge in [-0.25, -0.2) is 0 Å². The van der Waals surface area contributed by atoms with Crippen LogP contribution in [0.4, 0.5) is 0 Å². The van der Waals surface area contributed by atoms with Crippen LogP contribution in [0.5, 0.6) is 0 Å². The molecule has 0 aliphatic carbocycles. The Balaban J connectivity index is 1.95. The van der Waals surface area contributed by atoms with Crippen LogP contribution in [-0.2, 0) is 4.74 Å². The lowest BCUT2D eigenvalue weighted by Crippen LogP contribution is -2.25. The molecule has 2 aliphatic heterocycles. The van der Waals surface area contributed by atoms with E-state index >= 15 is 0 Å². The van der Waals surface area contributed by atoms with Gasteiger partial charge in [0.1, 0.15) is 11.7 Å². The van der Waals surface area contributed by atoms with Gasteiger partial charge in [-0.2, -0.15) is 0 Å². The van der Waals surface area contributed by atoms with Crippen molar-refractivity contribution in [1.29, 1.82) is 0 Å². The summed E-state index contributed by atoms with van der Waals surface area (Å²) < 4.78 is 5.13. The normalized spacial score (nSPS) is 48.0. The molecule has 2 heterocycles. The lowest BCUT2D eigenvalue weighted by atomic mass is 10.6. The monoisotopic (exact) mass is 117 g/mol. The van der Waals surface area contributed by atoms with Gasteiger partial charge in [0, 0.05) is 12.3 Å². The fraction of sp³-hybridized carbons (Fsp3) is 1.00. The second-order valence-corrected chi connectivity index (χ2v) is 2.96. The van der Waals surface area contributed by atoms with Crippen LogP contribution in [0.2, 0.25) is 0 Å². The number of hydrogen-bond acceptors (Lipinski definition) is 3. The van der Waals surface area contributed by atoms with Crippen molar-refractivity contribution in [2.45, 2.75) is 11.7 Å². The van der Waals surface area contributed by atoms with Crippen molar-refractivity contribution in [3.05, 3.63) is 0 Å². The van der Waals surface area contributed by atoms with E-state index in [1.54, 1.807) is 0 Å². The zero-order valence-corrected chi connectivity index (χ0v) is 4.70. The predicted molar refractivity (Wildman–Crippen MR) is 29.1 cm³/mol. The molecule has 0 saturated carbocycles. The quantitative estimate of drug-likeness (QED) is 0.452. The predicted octanol–water partition coefficient (Wildman–Crippen LogP) is 0.00520. The average Bonchev–Trinajstić information content (AvgIpc) is 2.41. The third-order valence-corrected chi connectivity index (χ3v) is 2.31. The second-order valence-electron chi connectivity index (χ2n) is 1.75. The van der Waals surface area contributed by atoms with Crippen molar-refractivity contribution in [3.8, 4) is 0 Å². The van der Waals surface area contributed by atoms with E-state index in [1.165, 1.54) is 5.75 Å². The van der Waals surface area contributed by atoms with Crippen LogP contribution in [0.15, 0.2) is 0 Å². The molecule has 2 fully saturated rings. The summed E-state index contributed by atoms with van der Waals surface area (Å²) in [6.07, 6.45) is 0.416. The number of nitrogens with one attached hydrogen (secondary N) is 1. The van der Waals surface area contributed by atoms with E-state index in [-0.39, 0.29) is 0 Å². The van der Waals surface area contributed by atoms with Gasteiger partial charge in [-0.3, -0.25) is 5.32 Å². The molecule has 40 valence electrons. The summed E-state index contributed by atoms with van der Waals surface area (Å²) in [5.74, 6) is 1.21. The minimum atomic E-state index is 0.416. The minimum Gasteiger partial charge on any atom is -0.342 e. The Labute approximate surface area is 46.6 Å². The molecule has 7 heavy (non-hydrogen) atoms. The molecule has 2 aliphatic rings. The van der Waals surface area contributed by atoms with E-state index in [9.17, 15) is 0 Å². The molecule has 2 saturated heterocycles. The van der Waals surface area contributed by atoms with Crippen LogP contribution in [0.3, 0.4) is 0 Å². The van der Waals surface area contributed by atoms with Gasteiger partial charge in [-0.15, -0.1) is 11.8 Å². The van der Waals surface area contributed by atoms with Crippen molar-refractivity contribution >= 4 is 11.8 Å². The van der Waals surface area contributed by atoms with Gasteiger partial charge in [0.05, 0.1) is 0 Å². The molecule has 2 unspecified atom stereocenters. The maximum absolute atomic E-state index is 5.13. The molecule has 0 spiro atoms. The molecular formula is C4H7NOS. The van der Waals surface area contributed by atoms with E-state index in [1.807, 2.05) is 11.8 Å². The first-order chi connectivity index (χ1) is 3.47. The number of hydrogen-bond donors (Lipinski definition) is 1. The summed E-state index contributed by atoms with van der Waals surface area (Å²) in [6, 6.07) is 0. The van der Waals surface area contributed by atoms with Crippen LogP contribution in [0.25, 0.3) is 0 Å². The molecule has 2 atom stereocenters. The summed E-state index contributed by atoms with van der Waals surface area (Å²) in [5.41, 5.74) is 0.508. The topological polar surface area (TPSA) is 24.6 Å². The lowest BCUT2D eigenvalue weighted by Gasteiger charge is -2.03. The van der Waals surface area contributed by atoms with Crippen molar-refractivity contribution in [3.63, 3.8) is 0 Å². The molecule has 0 amide bonds. The highest BCUT2D eigenvalue weighted by Crippen LogP contribution is 2.33. The molecule has 0 aromatic rings. The molecular weight excluding hydrogens is 110 g/mol. The fourth-order valence-electron chi connectivity index (χ4n) is 0.746. The van der Waals surface area contributed by atoms with E-state index in [4.69, 9.17) is 4.74 Å². The van der Waals surface area contributed by atoms with Crippen LogP contribution in [-0.4, -0.2) is 24.0 Å². The van der Waals surface area contributed by atoms with E-state index in [0.717, 1.165) is 6.54 Å². The molecule has 0 bridgehead atoms. The van der Waals surface area contributed by atoms with Gasteiger partial charge in [0.2, 0.25) is 0 Å². The van der Waals surface area contributed by atoms with Gasteiger partial charge < -0.3 is 4.74 Å². The summed E-state index contributed by atoms with van der Waals surface area (Å²) in [4.78, 5) is 0. The highest BCUT2D eigenvalue weighted by atomic mass is 32.2. The molecule has 2 rings (SSSR count). The summed E-state index contributed by atoms with van der Waals surface area (Å²) >= 11 is 1.91. The summed E-state index contributed by atoms with van der Waals surface area (Å²) in [5, 5.41) is 3.21. The van der Waals surface area contributed by atoms with Crippen LogP contribution >= 0.6 is 11.8 Å². The number of ether oxygens (including phenoxy) is 1.